The number of hydrogen-bond donors (Lipinski definition) is 0. The normalized spacial score (nSPS) is 18.1. The number of piperidine rings is 1. The number of carbonyl (C=O) groups excluding carboxylic acids is 2. The van der Waals surface area contributed by atoms with Crippen LogP contribution in [-0.2, 0) is 27.8 Å². The van der Waals surface area contributed by atoms with Crippen LogP contribution in [0.3, 0.4) is 0 Å². The second kappa shape index (κ2) is 10.6. The molecule has 1 saturated carbocycles. The minimum absolute atomic E-state index is 0.0813. The van der Waals surface area contributed by atoms with E-state index in [0.29, 0.717) is 51.7 Å². The average Bonchev–Trinajstić information content (AvgIpc) is 3.60. The molecule has 2 aliphatic rings. The maximum Gasteiger partial charge on any atom is 0.471 e. The lowest BCUT2D eigenvalue weighted by atomic mass is 9.73. The molecule has 0 N–H and O–H groups in total. The third kappa shape index (κ3) is 6.46. The summed E-state index contributed by atoms with van der Waals surface area (Å²) in [7, 11) is 3.20. The van der Waals surface area contributed by atoms with Gasteiger partial charge in [-0.05, 0) is 61.7 Å². The smallest absolute Gasteiger partial charge is 0.469 e. The van der Waals surface area contributed by atoms with Gasteiger partial charge in [-0.3, -0.25) is 14.3 Å². The van der Waals surface area contributed by atoms with Crippen LogP contribution in [0.2, 0.25) is 0 Å². The van der Waals surface area contributed by atoms with Crippen molar-refractivity contribution >= 4 is 11.9 Å². The molecule has 1 amide bonds. The average molecular weight is 507 g/mol. The van der Waals surface area contributed by atoms with Crippen molar-refractivity contribution in [2.75, 3.05) is 33.3 Å². The molecular weight excluding hydrogens is 473 g/mol. The fraction of sp³-hybridized carbons (Fsp3) is 0.577. The number of methoxy groups -OCH3 is 1. The Hall–Kier alpha value is -2.88. The monoisotopic (exact) mass is 506 g/mol. The van der Waals surface area contributed by atoms with E-state index in [4.69, 9.17) is 4.74 Å². The number of aryl methyl sites for hydroxylation is 1. The first-order valence-electron chi connectivity index (χ1n) is 12.3. The number of halogens is 3. The van der Waals surface area contributed by atoms with Crippen LogP contribution in [0, 0.1) is 5.41 Å². The van der Waals surface area contributed by atoms with Crippen molar-refractivity contribution in [1.29, 1.82) is 0 Å². The lowest BCUT2D eigenvalue weighted by Gasteiger charge is -2.45. The van der Waals surface area contributed by atoms with Gasteiger partial charge in [-0.1, -0.05) is 24.3 Å². The second-order valence-electron chi connectivity index (χ2n) is 10.1. The van der Waals surface area contributed by atoms with E-state index in [1.54, 1.807) is 10.9 Å². The number of nitrogens with zero attached hydrogens (tertiary/aromatic N) is 4. The lowest BCUT2D eigenvalue weighted by molar-refractivity contribution is -0.188. The fourth-order valence-electron chi connectivity index (χ4n) is 5.13. The summed E-state index contributed by atoms with van der Waals surface area (Å²) in [6, 6.07) is 7.67. The zero-order valence-corrected chi connectivity index (χ0v) is 20.8. The Morgan fingerprint density at radius 2 is 1.92 bits per heavy atom. The van der Waals surface area contributed by atoms with Gasteiger partial charge in [-0.2, -0.15) is 18.3 Å². The number of aromatic nitrogens is 2. The van der Waals surface area contributed by atoms with E-state index in [1.807, 2.05) is 31.4 Å². The van der Waals surface area contributed by atoms with Crippen molar-refractivity contribution in [3.63, 3.8) is 0 Å². The molecule has 0 spiro atoms. The van der Waals surface area contributed by atoms with Gasteiger partial charge in [-0.25, -0.2) is 0 Å². The Morgan fingerprint density at radius 3 is 2.50 bits per heavy atom. The van der Waals surface area contributed by atoms with E-state index < -0.39 is 17.5 Å². The molecule has 0 atom stereocenters. The number of likely N-dealkylation sites (tertiary alicyclic amines) is 1. The van der Waals surface area contributed by atoms with Crippen molar-refractivity contribution in [2.24, 2.45) is 12.5 Å². The molecule has 2 aromatic rings. The molecule has 2 fully saturated rings. The molecule has 4 rings (SSSR count). The fourth-order valence-corrected chi connectivity index (χ4v) is 5.13. The number of amides is 1. The van der Waals surface area contributed by atoms with E-state index in [2.05, 4.69) is 16.1 Å². The largest absolute Gasteiger partial charge is 0.471 e. The second-order valence-corrected chi connectivity index (χ2v) is 10.1. The van der Waals surface area contributed by atoms with E-state index in [-0.39, 0.29) is 25.0 Å². The summed E-state index contributed by atoms with van der Waals surface area (Å²) in [5, 5.41) is 4.23. The van der Waals surface area contributed by atoms with Gasteiger partial charge >= 0.3 is 18.1 Å². The Bertz CT molecular complexity index is 1070. The lowest BCUT2D eigenvalue weighted by Crippen LogP contribution is -2.52. The van der Waals surface area contributed by atoms with Crippen molar-refractivity contribution in [3.8, 4) is 11.1 Å². The van der Waals surface area contributed by atoms with Gasteiger partial charge in [0.15, 0.2) is 0 Å². The number of esters is 1. The number of rotatable bonds is 9. The Balaban J connectivity index is 1.56. The van der Waals surface area contributed by atoms with Crippen LogP contribution in [0.25, 0.3) is 11.1 Å². The number of carbonyl (C=O) groups is 2. The minimum atomic E-state index is -4.88. The van der Waals surface area contributed by atoms with Crippen molar-refractivity contribution in [2.45, 2.75) is 50.7 Å². The molecule has 1 saturated heterocycles. The summed E-state index contributed by atoms with van der Waals surface area (Å²) in [6.45, 7) is 1.93. The van der Waals surface area contributed by atoms with Crippen LogP contribution < -0.4 is 0 Å². The summed E-state index contributed by atoms with van der Waals surface area (Å²) >= 11 is 0. The highest BCUT2D eigenvalue weighted by Crippen LogP contribution is 2.41. The predicted octanol–water partition coefficient (Wildman–Crippen LogP) is 3.83. The van der Waals surface area contributed by atoms with Crippen molar-refractivity contribution in [1.82, 2.24) is 19.6 Å². The van der Waals surface area contributed by atoms with Gasteiger partial charge in [0, 0.05) is 37.9 Å². The molecular formula is C26H33F3N4O3. The molecule has 36 heavy (non-hydrogen) atoms. The Kier molecular flexibility index (Phi) is 7.73. The van der Waals surface area contributed by atoms with E-state index in [1.165, 1.54) is 7.11 Å². The SMILES string of the molecule is COC(=O)CCN1CCC(Cc2cccc(-c3cnn(C)c3)c2)(CN(C(=O)C(F)(F)F)C2CC2)CC1. The van der Waals surface area contributed by atoms with E-state index >= 15 is 0 Å². The first-order valence-corrected chi connectivity index (χ1v) is 12.3. The topological polar surface area (TPSA) is 67.7 Å². The number of alkyl halides is 3. The van der Waals surface area contributed by atoms with Gasteiger partial charge in [0.25, 0.3) is 0 Å². The highest BCUT2D eigenvalue weighted by atomic mass is 19.4. The standard InChI is InChI=1S/C26H33F3N4O3/c1-31-17-21(16-30-31)20-5-3-4-19(14-20)15-25(9-12-32(13-10-25)11-8-23(34)36-2)18-33(22-6-7-22)24(35)26(27,28)29/h3-5,14,16-17,22H,6-13,15,18H2,1-2H3. The first-order chi connectivity index (χ1) is 17.1. The maximum atomic E-state index is 13.5. The molecule has 196 valence electrons. The Morgan fingerprint density at radius 1 is 1.19 bits per heavy atom. The number of benzene rings is 1. The van der Waals surface area contributed by atoms with Gasteiger partial charge in [0.1, 0.15) is 0 Å². The molecule has 10 heteroatoms. The highest BCUT2D eigenvalue weighted by molar-refractivity contribution is 5.82. The summed E-state index contributed by atoms with van der Waals surface area (Å²) in [4.78, 5) is 27.2. The van der Waals surface area contributed by atoms with Gasteiger partial charge in [0.05, 0.1) is 19.7 Å². The number of hydrogen-bond acceptors (Lipinski definition) is 5. The van der Waals surface area contributed by atoms with E-state index in [9.17, 15) is 22.8 Å². The van der Waals surface area contributed by atoms with Crippen molar-refractivity contribution in [3.05, 3.63) is 42.2 Å². The quantitative estimate of drug-likeness (QED) is 0.484. The van der Waals surface area contributed by atoms with Crippen LogP contribution in [0.1, 0.15) is 37.7 Å². The number of ether oxygens (including phenoxy) is 1. The molecule has 2 heterocycles. The molecule has 1 aromatic heterocycles. The summed E-state index contributed by atoms with van der Waals surface area (Å²) in [5.74, 6) is -2.02. The molecule has 1 aliphatic carbocycles. The van der Waals surface area contributed by atoms with Crippen molar-refractivity contribution < 1.29 is 27.5 Å². The molecule has 1 aromatic carbocycles. The molecule has 7 nitrogen and oxygen atoms in total. The predicted molar refractivity (Wildman–Crippen MR) is 128 cm³/mol. The molecule has 0 bridgehead atoms. The summed E-state index contributed by atoms with van der Waals surface area (Å²) in [5.41, 5.74) is 2.50. The molecule has 0 unspecified atom stereocenters. The van der Waals surface area contributed by atoms with Crippen LogP contribution in [0.5, 0.6) is 0 Å². The van der Waals surface area contributed by atoms with Crippen LogP contribution in [0.15, 0.2) is 36.7 Å². The van der Waals surface area contributed by atoms with Crippen LogP contribution in [0.4, 0.5) is 13.2 Å². The van der Waals surface area contributed by atoms with Crippen LogP contribution >= 0.6 is 0 Å². The zero-order chi connectivity index (χ0) is 25.9. The van der Waals surface area contributed by atoms with Gasteiger partial charge in [-0.15, -0.1) is 0 Å². The maximum absolute atomic E-state index is 13.5. The van der Waals surface area contributed by atoms with E-state index in [0.717, 1.165) is 21.6 Å². The van der Waals surface area contributed by atoms with Gasteiger partial charge < -0.3 is 14.5 Å². The third-order valence-corrected chi connectivity index (χ3v) is 7.32. The summed E-state index contributed by atoms with van der Waals surface area (Å²) in [6.07, 6.45) is 2.17. The van der Waals surface area contributed by atoms with Crippen LogP contribution in [-0.4, -0.2) is 77.0 Å². The molecule has 0 radical (unpaired) electrons. The Labute approximate surface area is 209 Å². The zero-order valence-electron chi connectivity index (χ0n) is 20.8. The van der Waals surface area contributed by atoms with Gasteiger partial charge in [0.2, 0.25) is 0 Å². The third-order valence-electron chi connectivity index (χ3n) is 7.32. The summed E-state index contributed by atoms with van der Waals surface area (Å²) < 4.78 is 46.8. The highest BCUT2D eigenvalue weighted by Gasteiger charge is 2.50. The first kappa shape index (κ1) is 26.2. The minimum Gasteiger partial charge on any atom is -0.469 e. The molecule has 1 aliphatic heterocycles.